The molecule has 214 valence electrons. The van der Waals surface area contributed by atoms with Crippen LogP contribution in [0.15, 0.2) is 17.5 Å². The van der Waals surface area contributed by atoms with Gasteiger partial charge in [0.05, 0.1) is 17.7 Å². The van der Waals surface area contributed by atoms with Crippen molar-refractivity contribution in [2.75, 3.05) is 23.8 Å². The molecule has 1 aliphatic heterocycles. The molecule has 3 aromatic heterocycles. The highest BCUT2D eigenvalue weighted by atomic mass is 32.1. The molecule has 0 bridgehead atoms. The first-order chi connectivity index (χ1) is 18.6. The lowest BCUT2D eigenvalue weighted by molar-refractivity contribution is 0.00715. The van der Waals surface area contributed by atoms with Gasteiger partial charge in [-0.1, -0.05) is 20.3 Å². The van der Waals surface area contributed by atoms with E-state index in [0.29, 0.717) is 35.7 Å². The maximum Gasteiger partial charge on any atom is 0.410 e. The average Bonchev–Trinajstić information content (AvgIpc) is 3.53. The number of aromatic nitrogens is 4. The molecular formula is C28H43N7O3S. The molecule has 4 heterocycles. The van der Waals surface area contributed by atoms with Gasteiger partial charge in [0.1, 0.15) is 16.2 Å². The normalized spacial score (nSPS) is 20.5. The minimum atomic E-state index is -0.514. The summed E-state index contributed by atoms with van der Waals surface area (Å²) in [7, 11) is 2.08. The predicted molar refractivity (Wildman–Crippen MR) is 157 cm³/mol. The fourth-order valence-corrected chi connectivity index (χ4v) is 6.13. The van der Waals surface area contributed by atoms with E-state index in [1.807, 2.05) is 37.1 Å². The molecular weight excluding hydrogens is 514 g/mol. The summed E-state index contributed by atoms with van der Waals surface area (Å²) >= 11 is 1.58. The van der Waals surface area contributed by atoms with E-state index in [9.17, 15) is 9.90 Å². The highest BCUT2D eigenvalue weighted by Gasteiger charge is 2.34. The van der Waals surface area contributed by atoms with Gasteiger partial charge in [0.25, 0.3) is 0 Å². The van der Waals surface area contributed by atoms with Crippen LogP contribution in [0.4, 0.5) is 22.4 Å². The number of aliphatic hydroxyl groups excluding tert-OH is 1. The summed E-state index contributed by atoms with van der Waals surface area (Å²) in [4.78, 5) is 28.2. The molecule has 0 aromatic carbocycles. The third-order valence-electron chi connectivity index (χ3n) is 7.35. The molecule has 1 saturated heterocycles. The number of aliphatic hydroxyl groups is 1. The van der Waals surface area contributed by atoms with Crippen LogP contribution in [0.3, 0.4) is 0 Å². The number of anilines is 3. The van der Waals surface area contributed by atoms with Crippen LogP contribution in [0.5, 0.6) is 0 Å². The van der Waals surface area contributed by atoms with Gasteiger partial charge in [0.2, 0.25) is 5.95 Å². The first kappa shape index (κ1) is 29.1. The molecule has 1 fully saturated rings. The first-order valence-electron chi connectivity index (χ1n) is 14.0. The van der Waals surface area contributed by atoms with Gasteiger partial charge in [-0.25, -0.2) is 9.78 Å². The molecule has 0 aliphatic carbocycles. The molecule has 39 heavy (non-hydrogen) atoms. The number of hydrogen-bond donors (Lipinski definition) is 3. The van der Waals surface area contributed by atoms with Gasteiger partial charge < -0.3 is 25.0 Å². The smallest absolute Gasteiger partial charge is 0.410 e. The fourth-order valence-electron chi connectivity index (χ4n) is 5.37. The van der Waals surface area contributed by atoms with Gasteiger partial charge in [-0.15, -0.1) is 11.3 Å². The summed E-state index contributed by atoms with van der Waals surface area (Å²) in [6.07, 6.45) is 5.57. The van der Waals surface area contributed by atoms with E-state index in [4.69, 9.17) is 14.7 Å². The van der Waals surface area contributed by atoms with Crippen LogP contribution in [0.1, 0.15) is 78.8 Å². The summed E-state index contributed by atoms with van der Waals surface area (Å²) in [5, 5.41) is 22.7. The number of likely N-dealkylation sites (tertiary alicyclic amines) is 1. The van der Waals surface area contributed by atoms with Crippen molar-refractivity contribution in [1.29, 1.82) is 0 Å². The summed E-state index contributed by atoms with van der Waals surface area (Å²) in [5.74, 6) is 2.31. The Hall–Kier alpha value is -2.92. The Morgan fingerprint density at radius 1 is 1.31 bits per heavy atom. The van der Waals surface area contributed by atoms with Crippen LogP contribution < -0.4 is 10.2 Å². The molecule has 0 saturated carbocycles. The minimum absolute atomic E-state index is 0.106. The van der Waals surface area contributed by atoms with Crippen LogP contribution in [0.2, 0.25) is 0 Å². The zero-order valence-corrected chi connectivity index (χ0v) is 24.8. The largest absolute Gasteiger partial charge is 0.444 e. The summed E-state index contributed by atoms with van der Waals surface area (Å²) < 4.78 is 5.81. The zero-order chi connectivity index (χ0) is 28.2. The topological polar surface area (TPSA) is 120 Å². The predicted octanol–water partition coefficient (Wildman–Crippen LogP) is 6.07. The molecule has 3 aromatic rings. The van der Waals surface area contributed by atoms with Gasteiger partial charge >= 0.3 is 6.09 Å². The second-order valence-corrected chi connectivity index (χ2v) is 12.4. The Labute approximate surface area is 235 Å². The molecule has 1 amide bonds. The monoisotopic (exact) mass is 557 g/mol. The van der Waals surface area contributed by atoms with E-state index < -0.39 is 5.60 Å². The second kappa shape index (κ2) is 12.5. The number of hydrogen-bond acceptors (Lipinski definition) is 9. The van der Waals surface area contributed by atoms with Crippen molar-refractivity contribution < 1.29 is 14.6 Å². The standard InChI is InChI=1S/C28H43N7O3S/c1-7-9-18-14-21(11-10-20(8-2)35(16-18)27(37)38-28(3,4)5)34(6)26-30-24(22-12-13-39-25(22)31-26)29-23-15-19(17-36)32-33-23/h12-13,15,18,20-21,36H,7-11,14,16-17H2,1-6H3,(H2,29,30,31,32,33). The summed E-state index contributed by atoms with van der Waals surface area (Å²) in [6, 6.07) is 4.16. The maximum atomic E-state index is 13.2. The number of rotatable bonds is 8. The molecule has 4 rings (SSSR count). The van der Waals surface area contributed by atoms with Gasteiger partial charge in [-0.3, -0.25) is 5.10 Å². The number of amides is 1. The lowest BCUT2D eigenvalue weighted by Gasteiger charge is -2.41. The number of aromatic amines is 1. The molecule has 11 heteroatoms. The SMILES string of the molecule is CCCC1CC(N(C)c2nc(Nc3cc(CO)[nH]n3)c3ccsc3n2)CCC(CC)N(C(=O)OC(C)(C)C)C1. The van der Waals surface area contributed by atoms with E-state index in [1.165, 1.54) is 0 Å². The Bertz CT molecular complexity index is 1240. The van der Waals surface area contributed by atoms with Crippen molar-refractivity contribution in [2.45, 2.75) is 97.4 Å². The number of thiophene rings is 1. The number of carbonyl (C=O) groups is 1. The van der Waals surface area contributed by atoms with Gasteiger partial charge in [-0.05, 0) is 70.2 Å². The number of H-pyrrole nitrogens is 1. The van der Waals surface area contributed by atoms with Crippen molar-refractivity contribution in [1.82, 2.24) is 25.1 Å². The van der Waals surface area contributed by atoms with Crippen molar-refractivity contribution in [3.8, 4) is 0 Å². The summed E-state index contributed by atoms with van der Waals surface area (Å²) in [6.45, 7) is 10.7. The molecule has 10 nitrogen and oxygen atoms in total. The van der Waals surface area contributed by atoms with Crippen LogP contribution in [0, 0.1) is 5.92 Å². The van der Waals surface area contributed by atoms with Crippen LogP contribution in [-0.4, -0.2) is 67.5 Å². The average molecular weight is 558 g/mol. The first-order valence-corrected chi connectivity index (χ1v) is 14.9. The van der Waals surface area contributed by atoms with Crippen molar-refractivity contribution >= 4 is 45.2 Å². The molecule has 0 spiro atoms. The molecule has 3 unspecified atom stereocenters. The van der Waals surface area contributed by atoms with Gasteiger partial charge in [-0.2, -0.15) is 10.1 Å². The van der Waals surface area contributed by atoms with Crippen LogP contribution in [-0.2, 0) is 11.3 Å². The van der Waals surface area contributed by atoms with E-state index in [2.05, 4.69) is 41.3 Å². The Morgan fingerprint density at radius 2 is 2.10 bits per heavy atom. The lowest BCUT2D eigenvalue weighted by Crippen LogP contribution is -2.49. The van der Waals surface area contributed by atoms with Crippen molar-refractivity contribution in [3.05, 3.63) is 23.2 Å². The number of nitrogens with one attached hydrogen (secondary N) is 2. The van der Waals surface area contributed by atoms with Crippen LogP contribution in [0.25, 0.3) is 10.2 Å². The quantitative estimate of drug-likeness (QED) is 0.305. The Balaban J connectivity index is 1.59. The van der Waals surface area contributed by atoms with E-state index in [-0.39, 0.29) is 24.8 Å². The van der Waals surface area contributed by atoms with E-state index in [1.54, 1.807) is 17.4 Å². The van der Waals surface area contributed by atoms with E-state index >= 15 is 0 Å². The zero-order valence-electron chi connectivity index (χ0n) is 24.0. The van der Waals surface area contributed by atoms with Crippen molar-refractivity contribution in [3.63, 3.8) is 0 Å². The third kappa shape index (κ3) is 7.19. The lowest BCUT2D eigenvalue weighted by atomic mass is 9.87. The number of nitrogens with zero attached hydrogens (tertiary/aromatic N) is 5. The fraction of sp³-hybridized carbons (Fsp3) is 0.643. The number of carbonyl (C=O) groups excluding carboxylic acids is 1. The number of fused-ring (bicyclic) bond motifs is 1. The second-order valence-electron chi connectivity index (χ2n) is 11.5. The van der Waals surface area contributed by atoms with Crippen LogP contribution >= 0.6 is 11.3 Å². The van der Waals surface area contributed by atoms with Gasteiger partial charge in [0, 0.05) is 31.7 Å². The third-order valence-corrected chi connectivity index (χ3v) is 8.16. The summed E-state index contributed by atoms with van der Waals surface area (Å²) in [5.41, 5.74) is 0.118. The molecule has 0 radical (unpaired) electrons. The van der Waals surface area contributed by atoms with Gasteiger partial charge in [0.15, 0.2) is 5.82 Å². The molecule has 3 atom stereocenters. The maximum absolute atomic E-state index is 13.2. The molecule has 3 N–H and O–H groups in total. The highest BCUT2D eigenvalue weighted by Crippen LogP contribution is 2.33. The van der Waals surface area contributed by atoms with E-state index in [0.717, 1.165) is 48.7 Å². The number of ether oxygens (including phenoxy) is 1. The highest BCUT2D eigenvalue weighted by molar-refractivity contribution is 7.16. The van der Waals surface area contributed by atoms with Crippen molar-refractivity contribution in [2.24, 2.45) is 5.92 Å². The minimum Gasteiger partial charge on any atom is -0.444 e. The Morgan fingerprint density at radius 3 is 2.77 bits per heavy atom. The molecule has 1 aliphatic rings. The Kier molecular flexibility index (Phi) is 9.32.